The van der Waals surface area contributed by atoms with Crippen molar-refractivity contribution in [2.24, 2.45) is 5.92 Å². The van der Waals surface area contributed by atoms with E-state index in [1.165, 1.54) is 4.90 Å². The van der Waals surface area contributed by atoms with Gasteiger partial charge in [-0.2, -0.15) is 0 Å². The maximum Gasteiger partial charge on any atom is 0.329 e. The van der Waals surface area contributed by atoms with Crippen molar-refractivity contribution in [3.63, 3.8) is 0 Å². The second-order valence-corrected chi connectivity index (χ2v) is 7.23. The standard InChI is InChI=1S/C18H22N4O4/c1-21(2)15-14(12-7-8-26-16(12)15)20-17(24)10-3-5-11(6-4-10)22-9-13(23)19-18(22)25/h3-6,12,14-16H,7-9H2,1-2H3,(H,20,24)(H,19,23,25)/t12-,14+,15-,16-/m1/s1. The number of nitrogens with zero attached hydrogens (tertiary/aromatic N) is 2. The minimum atomic E-state index is -0.442. The third kappa shape index (κ3) is 2.75. The maximum atomic E-state index is 12.6. The monoisotopic (exact) mass is 358 g/mol. The Labute approximate surface area is 151 Å². The minimum Gasteiger partial charge on any atom is -0.376 e. The fourth-order valence-electron chi connectivity index (χ4n) is 4.16. The van der Waals surface area contributed by atoms with E-state index >= 15 is 0 Å². The SMILES string of the molecule is CN(C)[C@@H]1[C@@H](NC(=O)c2ccc(N3CC(=O)NC3=O)cc2)[C@H]2CCO[C@H]21. The number of anilines is 1. The summed E-state index contributed by atoms with van der Waals surface area (Å²) in [4.78, 5) is 39.1. The van der Waals surface area contributed by atoms with E-state index in [1.807, 2.05) is 14.1 Å². The summed E-state index contributed by atoms with van der Waals surface area (Å²) in [5.74, 6) is -0.101. The Hall–Kier alpha value is -2.45. The zero-order valence-corrected chi connectivity index (χ0v) is 14.8. The van der Waals surface area contributed by atoms with Crippen molar-refractivity contribution >= 4 is 23.5 Å². The van der Waals surface area contributed by atoms with Gasteiger partial charge in [0, 0.05) is 23.8 Å². The van der Waals surface area contributed by atoms with Crippen molar-refractivity contribution in [2.75, 3.05) is 32.1 Å². The number of ether oxygens (including phenoxy) is 1. The van der Waals surface area contributed by atoms with Gasteiger partial charge >= 0.3 is 6.03 Å². The van der Waals surface area contributed by atoms with E-state index in [1.54, 1.807) is 24.3 Å². The number of imide groups is 1. The van der Waals surface area contributed by atoms with Gasteiger partial charge in [0.05, 0.1) is 18.2 Å². The number of carbonyl (C=O) groups is 3. The van der Waals surface area contributed by atoms with E-state index in [2.05, 4.69) is 15.5 Å². The summed E-state index contributed by atoms with van der Waals surface area (Å²) in [7, 11) is 4.00. The van der Waals surface area contributed by atoms with Crippen LogP contribution in [0.5, 0.6) is 0 Å². The third-order valence-corrected chi connectivity index (χ3v) is 5.48. The molecule has 1 aliphatic carbocycles. The molecule has 0 spiro atoms. The minimum absolute atomic E-state index is 0.0000334. The quantitative estimate of drug-likeness (QED) is 0.750. The number of fused-ring (bicyclic) bond motifs is 1. The highest BCUT2D eigenvalue weighted by molar-refractivity contribution is 6.12. The Kier molecular flexibility index (Phi) is 4.16. The van der Waals surface area contributed by atoms with Gasteiger partial charge in [-0.3, -0.25) is 19.8 Å². The van der Waals surface area contributed by atoms with Crippen molar-refractivity contribution in [3.05, 3.63) is 29.8 Å². The van der Waals surface area contributed by atoms with Gasteiger partial charge in [0.1, 0.15) is 6.54 Å². The second-order valence-electron chi connectivity index (χ2n) is 7.23. The molecule has 26 heavy (non-hydrogen) atoms. The maximum absolute atomic E-state index is 12.6. The summed E-state index contributed by atoms with van der Waals surface area (Å²) >= 11 is 0. The van der Waals surface area contributed by atoms with E-state index in [0.717, 1.165) is 13.0 Å². The van der Waals surface area contributed by atoms with Crippen LogP contribution in [0.15, 0.2) is 24.3 Å². The Morgan fingerprint density at radius 1 is 1.27 bits per heavy atom. The van der Waals surface area contributed by atoms with Gasteiger partial charge in [-0.25, -0.2) is 4.79 Å². The van der Waals surface area contributed by atoms with Gasteiger partial charge in [-0.1, -0.05) is 0 Å². The van der Waals surface area contributed by atoms with E-state index in [4.69, 9.17) is 4.74 Å². The van der Waals surface area contributed by atoms with Crippen molar-refractivity contribution in [1.82, 2.24) is 15.5 Å². The molecule has 4 amide bonds. The number of urea groups is 1. The number of benzene rings is 1. The summed E-state index contributed by atoms with van der Waals surface area (Å²) in [6.45, 7) is 0.747. The summed E-state index contributed by atoms with van der Waals surface area (Å²) in [6, 6.07) is 6.52. The Balaban J connectivity index is 1.44. The highest BCUT2D eigenvalue weighted by Gasteiger charge is 2.55. The number of nitrogens with one attached hydrogen (secondary N) is 2. The lowest BCUT2D eigenvalue weighted by molar-refractivity contribution is -0.117. The molecule has 0 aromatic heterocycles. The molecule has 3 fully saturated rings. The molecule has 2 saturated heterocycles. The van der Waals surface area contributed by atoms with Crippen LogP contribution in [0.3, 0.4) is 0 Å². The van der Waals surface area contributed by atoms with Crippen LogP contribution in [0.1, 0.15) is 16.8 Å². The Morgan fingerprint density at radius 3 is 2.62 bits per heavy atom. The summed E-state index contributed by atoms with van der Waals surface area (Å²) in [5.41, 5.74) is 1.11. The van der Waals surface area contributed by atoms with Gasteiger partial charge in [0.25, 0.3) is 5.91 Å². The first-order chi connectivity index (χ1) is 12.5. The van der Waals surface area contributed by atoms with Gasteiger partial charge < -0.3 is 15.0 Å². The molecule has 0 radical (unpaired) electrons. The first kappa shape index (κ1) is 17.0. The van der Waals surface area contributed by atoms with Crippen LogP contribution >= 0.6 is 0 Å². The first-order valence-corrected chi connectivity index (χ1v) is 8.76. The molecule has 0 unspecified atom stereocenters. The molecule has 4 rings (SSSR count). The average Bonchev–Trinajstić information content (AvgIpc) is 3.15. The van der Waals surface area contributed by atoms with Crippen LogP contribution in [0.2, 0.25) is 0 Å². The van der Waals surface area contributed by atoms with E-state index in [-0.39, 0.29) is 36.5 Å². The average molecular weight is 358 g/mol. The topological polar surface area (TPSA) is 91.0 Å². The lowest BCUT2D eigenvalue weighted by Gasteiger charge is -2.50. The first-order valence-electron chi connectivity index (χ1n) is 8.76. The van der Waals surface area contributed by atoms with E-state index < -0.39 is 6.03 Å². The zero-order chi connectivity index (χ0) is 18.4. The van der Waals surface area contributed by atoms with Crippen molar-refractivity contribution in [2.45, 2.75) is 24.6 Å². The van der Waals surface area contributed by atoms with Crippen LogP contribution in [0.4, 0.5) is 10.5 Å². The predicted octanol–water partition coefficient (Wildman–Crippen LogP) is 0.190. The van der Waals surface area contributed by atoms with Crippen molar-refractivity contribution in [3.8, 4) is 0 Å². The molecule has 2 aliphatic heterocycles. The fraction of sp³-hybridized carbons (Fsp3) is 0.500. The van der Waals surface area contributed by atoms with E-state index in [9.17, 15) is 14.4 Å². The number of carbonyl (C=O) groups excluding carboxylic acids is 3. The van der Waals surface area contributed by atoms with Crippen LogP contribution < -0.4 is 15.5 Å². The molecule has 4 atom stereocenters. The lowest BCUT2D eigenvalue weighted by atomic mass is 9.71. The van der Waals surface area contributed by atoms with Gasteiger partial charge in [0.15, 0.2) is 0 Å². The molecule has 8 nitrogen and oxygen atoms in total. The molecule has 2 N–H and O–H groups in total. The molecule has 0 bridgehead atoms. The van der Waals surface area contributed by atoms with Crippen LogP contribution in [0.25, 0.3) is 0 Å². The molecule has 1 aromatic rings. The molecule has 2 heterocycles. The smallest absolute Gasteiger partial charge is 0.329 e. The normalized spacial score (nSPS) is 30.2. The summed E-state index contributed by atoms with van der Waals surface area (Å²) < 4.78 is 5.77. The third-order valence-electron chi connectivity index (χ3n) is 5.48. The molecule has 1 aromatic carbocycles. The molecule has 1 saturated carbocycles. The number of hydrogen-bond donors (Lipinski definition) is 2. The molecular weight excluding hydrogens is 336 g/mol. The molecule has 138 valence electrons. The summed E-state index contributed by atoms with van der Waals surface area (Å²) in [5, 5.41) is 5.37. The molecular formula is C18H22N4O4. The van der Waals surface area contributed by atoms with Gasteiger partial charge in [-0.05, 0) is 44.8 Å². The summed E-state index contributed by atoms with van der Waals surface area (Å²) in [6.07, 6.45) is 1.17. The van der Waals surface area contributed by atoms with E-state index in [0.29, 0.717) is 17.2 Å². The van der Waals surface area contributed by atoms with Gasteiger partial charge in [0.2, 0.25) is 5.91 Å². The number of hydrogen-bond acceptors (Lipinski definition) is 5. The van der Waals surface area contributed by atoms with Crippen molar-refractivity contribution in [1.29, 1.82) is 0 Å². The highest BCUT2D eigenvalue weighted by atomic mass is 16.5. The molecule has 3 aliphatic rings. The van der Waals surface area contributed by atoms with Crippen molar-refractivity contribution < 1.29 is 19.1 Å². The van der Waals surface area contributed by atoms with Gasteiger partial charge in [-0.15, -0.1) is 0 Å². The van der Waals surface area contributed by atoms with Crippen LogP contribution in [0, 0.1) is 5.92 Å². The van der Waals surface area contributed by atoms with Crippen LogP contribution in [-0.2, 0) is 9.53 Å². The largest absolute Gasteiger partial charge is 0.376 e. The predicted molar refractivity (Wildman–Crippen MR) is 93.9 cm³/mol. The second kappa shape index (κ2) is 6.37. The Bertz CT molecular complexity index is 748. The Morgan fingerprint density at radius 2 is 2.00 bits per heavy atom. The number of amides is 4. The number of likely N-dealkylation sites (N-methyl/N-ethyl adjacent to an activating group) is 1. The zero-order valence-electron chi connectivity index (χ0n) is 14.8. The van der Waals surface area contributed by atoms with Crippen LogP contribution in [-0.4, -0.2) is 68.2 Å². The lowest BCUT2D eigenvalue weighted by Crippen LogP contribution is -2.69. The highest BCUT2D eigenvalue weighted by Crippen LogP contribution is 2.41. The molecule has 8 heteroatoms. The number of rotatable bonds is 4. The fourth-order valence-corrected chi connectivity index (χ4v) is 4.16.